The number of aliphatic hydroxyl groups is 1. The van der Waals surface area contributed by atoms with Crippen LogP contribution in [-0.2, 0) is 6.42 Å². The molecule has 0 aliphatic heterocycles. The monoisotopic (exact) mass is 342 g/mol. The van der Waals surface area contributed by atoms with Crippen LogP contribution in [0.4, 0.5) is 4.39 Å². The third-order valence-corrected chi connectivity index (χ3v) is 3.88. The molecule has 2 aromatic carbocycles. The maximum atomic E-state index is 13.9. The first-order valence-electron chi connectivity index (χ1n) is 5.91. The summed E-state index contributed by atoms with van der Waals surface area (Å²) in [6.45, 7) is -0.0341. The molecule has 0 aliphatic rings. The van der Waals surface area contributed by atoms with Gasteiger partial charge in [-0.1, -0.05) is 51.8 Å². The molecule has 0 fully saturated rings. The van der Waals surface area contributed by atoms with Crippen LogP contribution in [0.2, 0.25) is 5.02 Å². The smallest absolute Gasteiger partial charge is 0.144 e. The SMILES string of the molecule is OCC(Cc1cccc(Cl)c1F)c1ccc(Br)cc1. The average molecular weight is 344 g/mol. The van der Waals surface area contributed by atoms with E-state index in [1.54, 1.807) is 12.1 Å². The maximum absolute atomic E-state index is 13.9. The molecule has 0 radical (unpaired) electrons. The molecule has 0 saturated carbocycles. The minimum atomic E-state index is -0.403. The Balaban J connectivity index is 2.24. The minimum absolute atomic E-state index is 0.0341. The van der Waals surface area contributed by atoms with Gasteiger partial charge in [0.2, 0.25) is 0 Å². The summed E-state index contributed by atoms with van der Waals surface area (Å²) in [5, 5.41) is 9.62. The number of halogens is 3. The van der Waals surface area contributed by atoms with E-state index in [2.05, 4.69) is 15.9 Å². The van der Waals surface area contributed by atoms with E-state index in [-0.39, 0.29) is 17.5 Å². The molecule has 0 saturated heterocycles. The first kappa shape index (κ1) is 14.5. The van der Waals surface area contributed by atoms with Crippen LogP contribution in [0.25, 0.3) is 0 Å². The third-order valence-electron chi connectivity index (χ3n) is 3.06. The van der Waals surface area contributed by atoms with Crippen molar-refractivity contribution < 1.29 is 9.50 Å². The van der Waals surface area contributed by atoms with Crippen molar-refractivity contribution in [1.29, 1.82) is 0 Å². The Morgan fingerprint density at radius 2 is 1.84 bits per heavy atom. The highest BCUT2D eigenvalue weighted by atomic mass is 79.9. The fourth-order valence-corrected chi connectivity index (χ4v) is 2.45. The van der Waals surface area contributed by atoms with Gasteiger partial charge in [-0.05, 0) is 35.7 Å². The zero-order chi connectivity index (χ0) is 13.8. The summed E-state index contributed by atoms with van der Waals surface area (Å²) in [7, 11) is 0. The molecule has 0 aromatic heterocycles. The zero-order valence-corrected chi connectivity index (χ0v) is 12.5. The Bertz CT molecular complexity index is 557. The molecule has 0 spiro atoms. The molecule has 1 nitrogen and oxygen atoms in total. The van der Waals surface area contributed by atoms with Crippen molar-refractivity contribution in [1.82, 2.24) is 0 Å². The molecule has 0 bridgehead atoms. The van der Waals surface area contributed by atoms with Crippen LogP contribution < -0.4 is 0 Å². The molecule has 0 amide bonds. The van der Waals surface area contributed by atoms with Gasteiger partial charge in [0.05, 0.1) is 11.6 Å². The highest BCUT2D eigenvalue weighted by Crippen LogP contribution is 2.26. The van der Waals surface area contributed by atoms with Crippen LogP contribution in [-0.4, -0.2) is 11.7 Å². The van der Waals surface area contributed by atoms with Gasteiger partial charge in [0, 0.05) is 10.4 Å². The van der Waals surface area contributed by atoms with E-state index in [0.717, 1.165) is 10.0 Å². The first-order chi connectivity index (χ1) is 9.11. The summed E-state index contributed by atoms with van der Waals surface area (Å²) in [5.41, 5.74) is 1.50. The van der Waals surface area contributed by atoms with E-state index >= 15 is 0 Å². The summed E-state index contributed by atoms with van der Waals surface area (Å²) in [6.07, 6.45) is 0.421. The summed E-state index contributed by atoms with van der Waals surface area (Å²) in [6, 6.07) is 12.6. The topological polar surface area (TPSA) is 20.2 Å². The van der Waals surface area contributed by atoms with E-state index in [9.17, 15) is 9.50 Å². The predicted molar refractivity (Wildman–Crippen MR) is 79.1 cm³/mol. The summed E-state index contributed by atoms with van der Waals surface area (Å²) >= 11 is 9.13. The second-order valence-electron chi connectivity index (χ2n) is 4.35. The van der Waals surface area contributed by atoms with Crippen molar-refractivity contribution >= 4 is 27.5 Å². The molecule has 0 heterocycles. The van der Waals surface area contributed by atoms with Gasteiger partial charge < -0.3 is 5.11 Å². The summed E-state index contributed by atoms with van der Waals surface area (Å²) < 4.78 is 14.8. The van der Waals surface area contributed by atoms with Gasteiger partial charge in [0.15, 0.2) is 0 Å². The standard InChI is InChI=1S/C15H13BrClFO/c16-13-6-4-10(5-7-13)12(9-19)8-11-2-1-3-14(17)15(11)18/h1-7,12,19H,8-9H2. The minimum Gasteiger partial charge on any atom is -0.396 e. The van der Waals surface area contributed by atoms with Gasteiger partial charge in [-0.3, -0.25) is 0 Å². The summed E-state index contributed by atoms with van der Waals surface area (Å²) in [5.74, 6) is -0.541. The predicted octanol–water partition coefficient (Wildman–Crippen LogP) is 4.56. The molecule has 2 aromatic rings. The number of benzene rings is 2. The Kier molecular flexibility index (Phi) is 4.97. The van der Waals surface area contributed by atoms with Gasteiger partial charge in [-0.25, -0.2) is 4.39 Å². The third kappa shape index (κ3) is 3.56. The van der Waals surface area contributed by atoms with Crippen molar-refractivity contribution in [3.63, 3.8) is 0 Å². The fraction of sp³-hybridized carbons (Fsp3) is 0.200. The first-order valence-corrected chi connectivity index (χ1v) is 7.08. The second kappa shape index (κ2) is 6.51. The Morgan fingerprint density at radius 3 is 2.47 bits per heavy atom. The molecule has 19 heavy (non-hydrogen) atoms. The Labute approximate surface area is 125 Å². The number of aliphatic hydroxyl groups excluding tert-OH is 1. The van der Waals surface area contributed by atoms with Gasteiger partial charge in [0.25, 0.3) is 0 Å². The van der Waals surface area contributed by atoms with Gasteiger partial charge >= 0.3 is 0 Å². The van der Waals surface area contributed by atoms with Gasteiger partial charge in [-0.15, -0.1) is 0 Å². The lowest BCUT2D eigenvalue weighted by molar-refractivity contribution is 0.263. The van der Waals surface area contributed by atoms with Gasteiger partial charge in [-0.2, -0.15) is 0 Å². The quantitative estimate of drug-likeness (QED) is 0.863. The summed E-state index contributed by atoms with van der Waals surface area (Å²) in [4.78, 5) is 0. The molecular weight excluding hydrogens is 331 g/mol. The van der Waals surface area contributed by atoms with Crippen molar-refractivity contribution in [3.8, 4) is 0 Å². The van der Waals surface area contributed by atoms with Crippen LogP contribution >= 0.6 is 27.5 Å². The number of hydrogen-bond acceptors (Lipinski definition) is 1. The molecule has 0 aliphatic carbocycles. The normalized spacial score (nSPS) is 12.4. The second-order valence-corrected chi connectivity index (χ2v) is 5.67. The van der Waals surface area contributed by atoms with E-state index < -0.39 is 5.82 Å². The lowest BCUT2D eigenvalue weighted by atomic mass is 9.92. The van der Waals surface area contributed by atoms with Crippen LogP contribution in [0.1, 0.15) is 17.0 Å². The van der Waals surface area contributed by atoms with Crippen molar-refractivity contribution in [2.75, 3.05) is 6.61 Å². The van der Waals surface area contributed by atoms with Crippen molar-refractivity contribution in [2.45, 2.75) is 12.3 Å². The molecule has 4 heteroatoms. The molecule has 1 unspecified atom stereocenters. The Morgan fingerprint density at radius 1 is 1.16 bits per heavy atom. The van der Waals surface area contributed by atoms with Crippen LogP contribution in [0.3, 0.4) is 0 Å². The zero-order valence-electron chi connectivity index (χ0n) is 10.1. The molecule has 100 valence electrons. The van der Waals surface area contributed by atoms with E-state index in [4.69, 9.17) is 11.6 Å². The van der Waals surface area contributed by atoms with E-state index in [1.165, 1.54) is 6.07 Å². The lowest BCUT2D eigenvalue weighted by Gasteiger charge is -2.15. The molecular formula is C15H13BrClFO. The van der Waals surface area contributed by atoms with Crippen LogP contribution in [0.5, 0.6) is 0 Å². The van der Waals surface area contributed by atoms with E-state index in [1.807, 2.05) is 24.3 Å². The number of hydrogen-bond donors (Lipinski definition) is 1. The largest absolute Gasteiger partial charge is 0.396 e. The van der Waals surface area contributed by atoms with Crippen molar-refractivity contribution in [3.05, 3.63) is 68.9 Å². The van der Waals surface area contributed by atoms with E-state index in [0.29, 0.717) is 12.0 Å². The highest BCUT2D eigenvalue weighted by Gasteiger charge is 2.15. The fourth-order valence-electron chi connectivity index (χ4n) is 1.99. The average Bonchev–Trinajstić information content (AvgIpc) is 2.42. The molecule has 2 rings (SSSR count). The Hall–Kier alpha value is -0.900. The van der Waals surface area contributed by atoms with Gasteiger partial charge in [0.1, 0.15) is 5.82 Å². The number of rotatable bonds is 4. The molecule has 1 N–H and O–H groups in total. The van der Waals surface area contributed by atoms with Crippen molar-refractivity contribution in [2.24, 2.45) is 0 Å². The lowest BCUT2D eigenvalue weighted by Crippen LogP contribution is -2.09. The van der Waals surface area contributed by atoms with Crippen LogP contribution in [0.15, 0.2) is 46.9 Å². The highest BCUT2D eigenvalue weighted by molar-refractivity contribution is 9.10. The molecule has 1 atom stereocenters. The maximum Gasteiger partial charge on any atom is 0.144 e. The van der Waals surface area contributed by atoms with Crippen LogP contribution in [0, 0.1) is 5.82 Å².